The van der Waals surface area contributed by atoms with Crippen molar-refractivity contribution in [2.75, 3.05) is 14.2 Å². The van der Waals surface area contributed by atoms with Crippen molar-refractivity contribution in [2.45, 2.75) is 0 Å². The van der Waals surface area contributed by atoms with Gasteiger partial charge in [0.25, 0.3) is 0 Å². The van der Waals surface area contributed by atoms with E-state index in [1.54, 1.807) is 13.2 Å². The Kier molecular flexibility index (Phi) is 2.81. The van der Waals surface area contributed by atoms with Crippen LogP contribution in [0.2, 0.25) is 0 Å². The Bertz CT molecular complexity index is 286. The van der Waals surface area contributed by atoms with Crippen molar-refractivity contribution in [1.29, 1.82) is 0 Å². The number of phenols is 1. The van der Waals surface area contributed by atoms with Gasteiger partial charge in [0.1, 0.15) is 5.75 Å². The number of hydrogen-bond donors (Lipinski definition) is 1. The predicted molar refractivity (Wildman–Crippen MR) is 48.9 cm³/mol. The standard InChI is InChI=1S/C8H9BrO3/c1-11-7-4-5(10)3-6(9)8(7)12-2/h3-4,10H,1-2H3. The Morgan fingerprint density at radius 3 is 2.42 bits per heavy atom. The second kappa shape index (κ2) is 3.67. The largest absolute Gasteiger partial charge is 0.508 e. The van der Waals surface area contributed by atoms with Crippen LogP contribution in [0.3, 0.4) is 0 Å². The van der Waals surface area contributed by atoms with E-state index >= 15 is 0 Å². The van der Waals surface area contributed by atoms with Gasteiger partial charge in [-0.2, -0.15) is 0 Å². The van der Waals surface area contributed by atoms with Crippen molar-refractivity contribution in [1.82, 2.24) is 0 Å². The number of benzene rings is 1. The summed E-state index contributed by atoms with van der Waals surface area (Å²) < 4.78 is 10.7. The molecule has 4 heteroatoms. The fraction of sp³-hybridized carbons (Fsp3) is 0.250. The highest BCUT2D eigenvalue weighted by Crippen LogP contribution is 2.38. The van der Waals surface area contributed by atoms with E-state index in [0.717, 1.165) is 0 Å². The number of rotatable bonds is 2. The summed E-state index contributed by atoms with van der Waals surface area (Å²) in [5.41, 5.74) is 0. The zero-order valence-electron chi connectivity index (χ0n) is 6.80. The summed E-state index contributed by atoms with van der Waals surface area (Å²) in [4.78, 5) is 0. The van der Waals surface area contributed by atoms with E-state index < -0.39 is 0 Å². The van der Waals surface area contributed by atoms with Crippen LogP contribution in [0.15, 0.2) is 16.6 Å². The monoisotopic (exact) mass is 232 g/mol. The molecule has 1 aromatic rings. The van der Waals surface area contributed by atoms with Gasteiger partial charge in [-0.3, -0.25) is 0 Å². The zero-order valence-corrected chi connectivity index (χ0v) is 8.38. The van der Waals surface area contributed by atoms with Gasteiger partial charge in [-0.1, -0.05) is 0 Å². The lowest BCUT2D eigenvalue weighted by molar-refractivity contribution is 0.349. The van der Waals surface area contributed by atoms with Crippen LogP contribution in [-0.4, -0.2) is 19.3 Å². The molecule has 0 unspecified atom stereocenters. The molecule has 66 valence electrons. The molecule has 0 atom stereocenters. The highest BCUT2D eigenvalue weighted by Gasteiger charge is 2.09. The van der Waals surface area contributed by atoms with Gasteiger partial charge in [0, 0.05) is 6.07 Å². The minimum absolute atomic E-state index is 0.138. The van der Waals surface area contributed by atoms with E-state index in [2.05, 4.69) is 15.9 Å². The molecule has 0 amide bonds. The van der Waals surface area contributed by atoms with Crippen LogP contribution >= 0.6 is 15.9 Å². The minimum Gasteiger partial charge on any atom is -0.508 e. The van der Waals surface area contributed by atoms with Crippen LogP contribution in [0.5, 0.6) is 17.2 Å². The lowest BCUT2D eigenvalue weighted by Gasteiger charge is -2.09. The lowest BCUT2D eigenvalue weighted by Crippen LogP contribution is -1.90. The molecule has 1 aromatic carbocycles. The first-order valence-corrected chi connectivity index (χ1v) is 4.09. The topological polar surface area (TPSA) is 38.7 Å². The molecule has 12 heavy (non-hydrogen) atoms. The van der Waals surface area contributed by atoms with Crippen LogP contribution in [0.4, 0.5) is 0 Å². The number of ether oxygens (including phenoxy) is 2. The van der Waals surface area contributed by atoms with Crippen molar-refractivity contribution >= 4 is 15.9 Å². The number of phenolic OH excluding ortho intramolecular Hbond substituents is 1. The SMILES string of the molecule is COc1cc(O)cc(Br)c1OC. The molecular weight excluding hydrogens is 224 g/mol. The molecule has 0 radical (unpaired) electrons. The number of methoxy groups -OCH3 is 2. The Morgan fingerprint density at radius 2 is 1.92 bits per heavy atom. The molecule has 0 bridgehead atoms. The van der Waals surface area contributed by atoms with Gasteiger partial charge in [-0.25, -0.2) is 0 Å². The molecule has 0 aliphatic heterocycles. The maximum Gasteiger partial charge on any atom is 0.175 e. The second-order valence-corrected chi connectivity index (χ2v) is 3.02. The molecule has 1 N–H and O–H groups in total. The Balaban J connectivity index is 3.24. The van der Waals surface area contributed by atoms with E-state index in [4.69, 9.17) is 9.47 Å². The molecule has 0 aliphatic rings. The molecular formula is C8H9BrO3. The first kappa shape index (κ1) is 9.19. The summed E-state index contributed by atoms with van der Waals surface area (Å²) in [6, 6.07) is 3.03. The fourth-order valence-electron chi connectivity index (χ4n) is 0.904. The predicted octanol–water partition coefficient (Wildman–Crippen LogP) is 2.17. The van der Waals surface area contributed by atoms with Crippen LogP contribution < -0.4 is 9.47 Å². The van der Waals surface area contributed by atoms with Gasteiger partial charge >= 0.3 is 0 Å². The van der Waals surface area contributed by atoms with Crippen LogP contribution in [0.1, 0.15) is 0 Å². The Labute approximate surface area is 79.1 Å². The Morgan fingerprint density at radius 1 is 1.25 bits per heavy atom. The minimum atomic E-state index is 0.138. The summed E-state index contributed by atoms with van der Waals surface area (Å²) in [6.07, 6.45) is 0. The normalized spacial score (nSPS) is 9.58. The van der Waals surface area contributed by atoms with Gasteiger partial charge in [-0.05, 0) is 22.0 Å². The zero-order chi connectivity index (χ0) is 9.14. The van der Waals surface area contributed by atoms with Gasteiger partial charge in [0.15, 0.2) is 11.5 Å². The number of hydrogen-bond acceptors (Lipinski definition) is 3. The van der Waals surface area contributed by atoms with E-state index in [1.165, 1.54) is 13.2 Å². The van der Waals surface area contributed by atoms with E-state index in [9.17, 15) is 5.11 Å². The molecule has 0 saturated heterocycles. The third kappa shape index (κ3) is 1.64. The van der Waals surface area contributed by atoms with Crippen LogP contribution in [0.25, 0.3) is 0 Å². The molecule has 0 aliphatic carbocycles. The Hall–Kier alpha value is -0.900. The average molecular weight is 233 g/mol. The number of halogens is 1. The average Bonchev–Trinajstić information content (AvgIpc) is 2.03. The van der Waals surface area contributed by atoms with E-state index in [-0.39, 0.29) is 5.75 Å². The van der Waals surface area contributed by atoms with Gasteiger partial charge in [0.2, 0.25) is 0 Å². The summed E-state index contributed by atoms with van der Waals surface area (Å²) in [5, 5.41) is 9.18. The second-order valence-electron chi connectivity index (χ2n) is 2.16. The summed E-state index contributed by atoms with van der Waals surface area (Å²) >= 11 is 3.23. The first-order valence-electron chi connectivity index (χ1n) is 3.29. The quantitative estimate of drug-likeness (QED) is 0.850. The van der Waals surface area contributed by atoms with Crippen molar-refractivity contribution in [3.8, 4) is 17.2 Å². The van der Waals surface area contributed by atoms with E-state index in [1.807, 2.05) is 0 Å². The molecule has 0 fully saturated rings. The maximum absolute atomic E-state index is 9.18. The van der Waals surface area contributed by atoms with Crippen molar-refractivity contribution < 1.29 is 14.6 Å². The summed E-state index contributed by atoms with van der Waals surface area (Å²) in [6.45, 7) is 0. The lowest BCUT2D eigenvalue weighted by atomic mass is 10.3. The van der Waals surface area contributed by atoms with Crippen LogP contribution in [-0.2, 0) is 0 Å². The fourth-order valence-corrected chi connectivity index (χ4v) is 1.50. The van der Waals surface area contributed by atoms with Gasteiger partial charge in [-0.15, -0.1) is 0 Å². The molecule has 3 nitrogen and oxygen atoms in total. The third-order valence-corrected chi connectivity index (χ3v) is 2.01. The molecule has 0 spiro atoms. The third-order valence-electron chi connectivity index (χ3n) is 1.42. The number of aromatic hydroxyl groups is 1. The van der Waals surface area contributed by atoms with Crippen LogP contribution in [0, 0.1) is 0 Å². The summed E-state index contributed by atoms with van der Waals surface area (Å²) in [7, 11) is 3.06. The first-order chi connectivity index (χ1) is 5.69. The van der Waals surface area contributed by atoms with Crippen molar-refractivity contribution in [2.24, 2.45) is 0 Å². The maximum atomic E-state index is 9.18. The van der Waals surface area contributed by atoms with E-state index in [0.29, 0.717) is 16.0 Å². The highest BCUT2D eigenvalue weighted by molar-refractivity contribution is 9.10. The highest BCUT2D eigenvalue weighted by atomic mass is 79.9. The van der Waals surface area contributed by atoms with Crippen molar-refractivity contribution in [3.05, 3.63) is 16.6 Å². The van der Waals surface area contributed by atoms with Gasteiger partial charge < -0.3 is 14.6 Å². The molecule has 0 aromatic heterocycles. The molecule has 1 rings (SSSR count). The van der Waals surface area contributed by atoms with Gasteiger partial charge in [0.05, 0.1) is 18.7 Å². The smallest absolute Gasteiger partial charge is 0.175 e. The summed E-state index contributed by atoms with van der Waals surface area (Å²) in [5.74, 6) is 1.22. The molecule has 0 heterocycles. The molecule has 0 saturated carbocycles. The van der Waals surface area contributed by atoms with Crippen molar-refractivity contribution in [3.63, 3.8) is 0 Å².